The Morgan fingerprint density at radius 3 is 2.32 bits per heavy atom. The zero-order valence-electron chi connectivity index (χ0n) is 14.8. The largest absolute Gasteiger partial charge is 0.372 e. The number of anilines is 2. The average Bonchev–Trinajstić information content (AvgIpc) is 2.93. The summed E-state index contributed by atoms with van der Waals surface area (Å²) in [5.41, 5.74) is 0.303. The van der Waals surface area contributed by atoms with Crippen LogP contribution < -0.4 is 10.2 Å². The number of nitrogens with one attached hydrogen (secondary N) is 1. The third kappa shape index (κ3) is 3.10. The Hall–Kier alpha value is -2.96. The van der Waals surface area contributed by atoms with Crippen LogP contribution in [0.5, 0.6) is 0 Å². The average molecular weight is 437 g/mol. The summed E-state index contributed by atoms with van der Waals surface area (Å²) < 4.78 is 0.905. The lowest BCUT2D eigenvalue weighted by atomic mass is 9.88. The first-order valence-electron chi connectivity index (χ1n) is 8.75. The summed E-state index contributed by atoms with van der Waals surface area (Å²) in [6.45, 7) is -0.193. The van der Waals surface area contributed by atoms with E-state index >= 15 is 0 Å². The van der Waals surface area contributed by atoms with Crippen LogP contribution >= 0.6 is 15.9 Å². The normalized spacial score (nSPS) is 18.1. The lowest BCUT2D eigenvalue weighted by Gasteiger charge is -2.23. The molecule has 5 nitrogen and oxygen atoms in total. The van der Waals surface area contributed by atoms with Gasteiger partial charge in [0.05, 0.1) is 5.69 Å². The third-order valence-corrected chi connectivity index (χ3v) is 5.29. The molecule has 0 spiro atoms. The molecule has 0 radical (unpaired) electrons. The van der Waals surface area contributed by atoms with E-state index in [4.69, 9.17) is 0 Å². The first-order valence-corrected chi connectivity index (χ1v) is 9.54. The topological polar surface area (TPSA) is 69.6 Å². The lowest BCUT2D eigenvalue weighted by Crippen LogP contribution is -2.44. The molecular weight excluding hydrogens is 420 g/mol. The highest BCUT2D eigenvalue weighted by Gasteiger charge is 2.51. The van der Waals surface area contributed by atoms with Crippen LogP contribution in [0.2, 0.25) is 0 Å². The van der Waals surface area contributed by atoms with Crippen molar-refractivity contribution in [3.8, 4) is 0 Å². The minimum absolute atomic E-state index is 0.193. The summed E-state index contributed by atoms with van der Waals surface area (Å²) in [5.74, 6) is -0.881. The number of carbonyl (C=O) groups is 2. The van der Waals surface area contributed by atoms with Gasteiger partial charge < -0.3 is 10.4 Å². The van der Waals surface area contributed by atoms with Crippen molar-refractivity contribution in [3.05, 3.63) is 94.5 Å². The number of halogens is 1. The number of fused-ring (bicyclic) bond motifs is 1. The number of nitrogens with zero attached hydrogens (tertiary/aromatic N) is 1. The minimum Gasteiger partial charge on any atom is -0.372 e. The zero-order valence-corrected chi connectivity index (χ0v) is 16.4. The van der Waals surface area contributed by atoms with Crippen LogP contribution in [0.3, 0.4) is 0 Å². The van der Waals surface area contributed by atoms with E-state index in [9.17, 15) is 14.7 Å². The van der Waals surface area contributed by atoms with Crippen LogP contribution in [0.15, 0.2) is 83.3 Å². The fourth-order valence-electron chi connectivity index (χ4n) is 3.43. The lowest BCUT2D eigenvalue weighted by molar-refractivity contribution is -0.133. The van der Waals surface area contributed by atoms with E-state index < -0.39 is 11.5 Å². The molecule has 0 fully saturated rings. The maximum atomic E-state index is 13.2. The highest BCUT2D eigenvalue weighted by molar-refractivity contribution is 9.10. The van der Waals surface area contributed by atoms with E-state index in [-0.39, 0.29) is 12.5 Å². The van der Waals surface area contributed by atoms with Crippen molar-refractivity contribution >= 4 is 39.1 Å². The second-order valence-electron chi connectivity index (χ2n) is 6.54. The van der Waals surface area contributed by atoms with Gasteiger partial charge in [0.1, 0.15) is 6.54 Å². The molecular formula is C22H17BrN2O3. The van der Waals surface area contributed by atoms with E-state index in [1.165, 1.54) is 4.90 Å². The molecule has 1 atom stereocenters. The second kappa shape index (κ2) is 7.22. The SMILES string of the molecule is O=C(CN1C(=O)[C@](O)(c2ccccc2)c2ccccc21)Nc1ccc(Br)cc1. The zero-order chi connectivity index (χ0) is 19.7. The molecule has 0 saturated heterocycles. The molecule has 28 heavy (non-hydrogen) atoms. The van der Waals surface area contributed by atoms with Gasteiger partial charge >= 0.3 is 0 Å². The van der Waals surface area contributed by atoms with Gasteiger partial charge in [-0.3, -0.25) is 14.5 Å². The molecule has 0 aliphatic carbocycles. The van der Waals surface area contributed by atoms with Crippen LogP contribution in [0.1, 0.15) is 11.1 Å². The van der Waals surface area contributed by atoms with Crippen LogP contribution in [-0.4, -0.2) is 23.5 Å². The van der Waals surface area contributed by atoms with E-state index in [0.717, 1.165) is 4.47 Å². The summed E-state index contributed by atoms with van der Waals surface area (Å²) in [6, 6.07) is 23.0. The Morgan fingerprint density at radius 2 is 1.61 bits per heavy atom. The number of para-hydroxylation sites is 1. The number of rotatable bonds is 4. The Bertz CT molecular complexity index is 1040. The highest BCUT2D eigenvalue weighted by Crippen LogP contribution is 2.44. The van der Waals surface area contributed by atoms with Crippen LogP contribution in [0.25, 0.3) is 0 Å². The van der Waals surface area contributed by atoms with Gasteiger partial charge in [-0.2, -0.15) is 0 Å². The number of aliphatic hydroxyl groups is 1. The predicted octanol–water partition coefficient (Wildman–Crippen LogP) is 3.67. The fourth-order valence-corrected chi connectivity index (χ4v) is 3.69. The maximum absolute atomic E-state index is 13.2. The third-order valence-electron chi connectivity index (χ3n) is 4.76. The molecule has 140 valence electrons. The smallest absolute Gasteiger partial charge is 0.268 e. The number of carbonyl (C=O) groups excluding carboxylic acids is 2. The van der Waals surface area contributed by atoms with Gasteiger partial charge in [-0.15, -0.1) is 0 Å². The molecule has 0 saturated carbocycles. The van der Waals surface area contributed by atoms with Crippen molar-refractivity contribution in [3.63, 3.8) is 0 Å². The van der Waals surface area contributed by atoms with Crippen molar-refractivity contribution < 1.29 is 14.7 Å². The fraction of sp³-hybridized carbons (Fsp3) is 0.0909. The molecule has 3 aromatic carbocycles. The van der Waals surface area contributed by atoms with Gasteiger partial charge in [-0.05, 0) is 35.9 Å². The predicted molar refractivity (Wildman–Crippen MR) is 111 cm³/mol. The van der Waals surface area contributed by atoms with E-state index in [1.807, 2.05) is 18.2 Å². The Morgan fingerprint density at radius 1 is 0.964 bits per heavy atom. The van der Waals surface area contributed by atoms with E-state index in [1.54, 1.807) is 60.7 Å². The monoisotopic (exact) mass is 436 g/mol. The Kier molecular flexibility index (Phi) is 4.75. The highest BCUT2D eigenvalue weighted by atomic mass is 79.9. The summed E-state index contributed by atoms with van der Waals surface area (Å²) in [6.07, 6.45) is 0. The van der Waals surface area contributed by atoms with Crippen molar-refractivity contribution in [1.29, 1.82) is 0 Å². The number of benzene rings is 3. The van der Waals surface area contributed by atoms with E-state index in [0.29, 0.717) is 22.5 Å². The van der Waals surface area contributed by atoms with E-state index in [2.05, 4.69) is 21.2 Å². The number of hydrogen-bond acceptors (Lipinski definition) is 3. The van der Waals surface area contributed by atoms with Crippen molar-refractivity contribution in [2.75, 3.05) is 16.8 Å². The standard InChI is InChI=1S/C22H17BrN2O3/c23-16-10-12-17(13-11-16)24-20(26)14-25-19-9-5-4-8-18(19)22(28,21(25)27)15-6-2-1-3-7-15/h1-13,28H,14H2,(H,24,26)/t22-/m0/s1. The van der Waals surface area contributed by atoms with Crippen LogP contribution in [0.4, 0.5) is 11.4 Å². The quantitative estimate of drug-likeness (QED) is 0.655. The van der Waals surface area contributed by atoms with Gasteiger partial charge in [-0.25, -0.2) is 0 Å². The molecule has 4 rings (SSSR count). The Balaban J connectivity index is 1.64. The van der Waals surface area contributed by atoms with Gasteiger partial charge in [0.15, 0.2) is 5.60 Å². The van der Waals surface area contributed by atoms with Crippen molar-refractivity contribution in [2.45, 2.75) is 5.60 Å². The minimum atomic E-state index is -1.81. The van der Waals surface area contributed by atoms with Crippen molar-refractivity contribution in [2.24, 2.45) is 0 Å². The molecule has 1 aliphatic heterocycles. The van der Waals surface area contributed by atoms with Crippen LogP contribution in [0, 0.1) is 0 Å². The van der Waals surface area contributed by atoms with Crippen LogP contribution in [-0.2, 0) is 15.2 Å². The van der Waals surface area contributed by atoms with Gasteiger partial charge in [0.25, 0.3) is 5.91 Å². The summed E-state index contributed by atoms with van der Waals surface area (Å²) >= 11 is 3.35. The number of amides is 2. The van der Waals surface area contributed by atoms with Gasteiger partial charge in [-0.1, -0.05) is 64.5 Å². The second-order valence-corrected chi connectivity index (χ2v) is 7.46. The molecule has 2 N–H and O–H groups in total. The molecule has 6 heteroatoms. The molecule has 3 aromatic rings. The van der Waals surface area contributed by atoms with Crippen molar-refractivity contribution in [1.82, 2.24) is 0 Å². The first kappa shape index (κ1) is 18.4. The van der Waals surface area contributed by atoms with Gasteiger partial charge in [0.2, 0.25) is 5.91 Å². The Labute approximate surface area is 170 Å². The molecule has 1 aliphatic rings. The first-order chi connectivity index (χ1) is 13.5. The summed E-state index contributed by atoms with van der Waals surface area (Å²) in [4.78, 5) is 27.1. The molecule has 0 bridgehead atoms. The molecule has 0 aromatic heterocycles. The molecule has 2 amide bonds. The maximum Gasteiger partial charge on any atom is 0.268 e. The molecule has 0 unspecified atom stereocenters. The number of hydrogen-bond donors (Lipinski definition) is 2. The molecule has 1 heterocycles. The van der Waals surface area contributed by atoms with Gasteiger partial charge in [0, 0.05) is 15.7 Å². The summed E-state index contributed by atoms with van der Waals surface area (Å²) in [7, 11) is 0. The summed E-state index contributed by atoms with van der Waals surface area (Å²) in [5, 5.41) is 14.1.